The first-order valence-corrected chi connectivity index (χ1v) is 6.88. The maximum absolute atomic E-state index is 12.1. The van der Waals surface area contributed by atoms with Crippen LogP contribution in [0.2, 0.25) is 0 Å². The number of hydrogen-bond acceptors (Lipinski definition) is 3. The zero-order valence-corrected chi connectivity index (χ0v) is 11.7. The Morgan fingerprint density at radius 1 is 1.43 bits per heavy atom. The summed E-state index contributed by atoms with van der Waals surface area (Å²) in [5.41, 5.74) is 0.866. The molecular weight excluding hydrogens is 266 g/mol. The molecule has 4 heteroatoms. The summed E-state index contributed by atoms with van der Waals surface area (Å²) in [7, 11) is 0. The van der Waals surface area contributed by atoms with Crippen molar-refractivity contribution < 1.29 is 14.3 Å². The topological polar surface area (TPSA) is 46.6 Å². The van der Waals surface area contributed by atoms with Gasteiger partial charge < -0.3 is 4.74 Å². The SMILES string of the molecule is C=CCCCC#CC(=O)N1C(=O)OC[C@H]1c1ccccc1. The monoisotopic (exact) mass is 283 g/mol. The molecule has 1 aromatic carbocycles. The van der Waals surface area contributed by atoms with Gasteiger partial charge in [0.25, 0.3) is 0 Å². The number of unbranched alkanes of at least 4 members (excludes halogenated alkanes) is 2. The number of benzene rings is 1. The van der Waals surface area contributed by atoms with Crippen LogP contribution in [0.1, 0.15) is 30.9 Å². The smallest absolute Gasteiger partial charge is 0.418 e. The Kier molecular flexibility index (Phi) is 5.16. The summed E-state index contributed by atoms with van der Waals surface area (Å²) in [4.78, 5) is 24.9. The lowest BCUT2D eigenvalue weighted by molar-refractivity contribution is -0.123. The number of cyclic esters (lactones) is 1. The van der Waals surface area contributed by atoms with E-state index < -0.39 is 18.0 Å². The van der Waals surface area contributed by atoms with Gasteiger partial charge in [-0.2, -0.15) is 0 Å². The first-order chi connectivity index (χ1) is 10.2. The van der Waals surface area contributed by atoms with Crippen LogP contribution in [0.4, 0.5) is 4.79 Å². The Bertz CT molecular complexity index is 583. The van der Waals surface area contributed by atoms with Gasteiger partial charge >= 0.3 is 12.0 Å². The first kappa shape index (κ1) is 14.9. The van der Waals surface area contributed by atoms with E-state index in [4.69, 9.17) is 4.74 Å². The summed E-state index contributed by atoms with van der Waals surface area (Å²) < 4.78 is 4.98. The van der Waals surface area contributed by atoms with Crippen molar-refractivity contribution in [3.05, 3.63) is 48.6 Å². The molecule has 0 aromatic heterocycles. The van der Waals surface area contributed by atoms with Crippen LogP contribution in [0.3, 0.4) is 0 Å². The molecule has 1 fully saturated rings. The van der Waals surface area contributed by atoms with Crippen LogP contribution in [-0.2, 0) is 9.53 Å². The van der Waals surface area contributed by atoms with E-state index in [-0.39, 0.29) is 6.61 Å². The highest BCUT2D eigenvalue weighted by atomic mass is 16.6. The van der Waals surface area contributed by atoms with Gasteiger partial charge in [-0.05, 0) is 24.3 Å². The minimum atomic E-state index is -0.630. The van der Waals surface area contributed by atoms with Crippen molar-refractivity contribution in [2.24, 2.45) is 0 Å². The van der Waals surface area contributed by atoms with Crippen molar-refractivity contribution in [1.82, 2.24) is 4.90 Å². The largest absolute Gasteiger partial charge is 0.446 e. The fraction of sp³-hybridized carbons (Fsp3) is 0.294. The molecule has 0 aliphatic carbocycles. The van der Waals surface area contributed by atoms with Crippen molar-refractivity contribution in [3.8, 4) is 11.8 Å². The Morgan fingerprint density at radius 3 is 2.90 bits per heavy atom. The number of imide groups is 1. The second-order valence-corrected chi connectivity index (χ2v) is 4.66. The van der Waals surface area contributed by atoms with Crippen LogP contribution < -0.4 is 0 Å². The molecule has 1 aliphatic heterocycles. The van der Waals surface area contributed by atoms with Gasteiger partial charge in [0.2, 0.25) is 0 Å². The Balaban J connectivity index is 2.06. The number of nitrogens with zero attached hydrogens (tertiary/aromatic N) is 1. The minimum Gasteiger partial charge on any atom is -0.446 e. The molecule has 108 valence electrons. The van der Waals surface area contributed by atoms with Gasteiger partial charge in [0.05, 0.1) is 0 Å². The van der Waals surface area contributed by atoms with Crippen LogP contribution in [0, 0.1) is 11.8 Å². The average molecular weight is 283 g/mol. The van der Waals surface area contributed by atoms with Gasteiger partial charge in [0, 0.05) is 6.42 Å². The third kappa shape index (κ3) is 3.73. The van der Waals surface area contributed by atoms with Crippen LogP contribution in [-0.4, -0.2) is 23.5 Å². The highest BCUT2D eigenvalue weighted by Gasteiger charge is 2.38. The van der Waals surface area contributed by atoms with Crippen molar-refractivity contribution in [2.75, 3.05) is 6.61 Å². The number of carbonyl (C=O) groups excluding carboxylic acids is 2. The van der Waals surface area contributed by atoms with Crippen molar-refractivity contribution >= 4 is 12.0 Å². The molecule has 4 nitrogen and oxygen atoms in total. The normalized spacial score (nSPS) is 16.9. The number of ether oxygens (including phenoxy) is 1. The number of allylic oxidation sites excluding steroid dienone is 1. The van der Waals surface area contributed by atoms with E-state index >= 15 is 0 Å². The van der Waals surface area contributed by atoms with Gasteiger partial charge in [-0.15, -0.1) is 6.58 Å². The summed E-state index contributed by atoms with van der Waals surface area (Å²) in [6.07, 6.45) is 3.51. The zero-order chi connectivity index (χ0) is 15.1. The molecule has 1 heterocycles. The predicted molar refractivity (Wildman–Crippen MR) is 79.2 cm³/mol. The van der Waals surface area contributed by atoms with Crippen LogP contribution >= 0.6 is 0 Å². The lowest BCUT2D eigenvalue weighted by Crippen LogP contribution is -2.33. The third-order valence-corrected chi connectivity index (χ3v) is 3.18. The van der Waals surface area contributed by atoms with E-state index in [1.165, 1.54) is 0 Å². The van der Waals surface area contributed by atoms with E-state index in [1.54, 1.807) is 0 Å². The van der Waals surface area contributed by atoms with E-state index in [1.807, 2.05) is 36.4 Å². The Morgan fingerprint density at radius 2 is 2.19 bits per heavy atom. The molecule has 0 N–H and O–H groups in total. The number of carbonyl (C=O) groups is 2. The molecule has 2 amide bonds. The molecule has 0 unspecified atom stereocenters. The quantitative estimate of drug-likeness (QED) is 0.484. The van der Waals surface area contributed by atoms with Crippen molar-refractivity contribution in [2.45, 2.75) is 25.3 Å². The van der Waals surface area contributed by atoms with Crippen molar-refractivity contribution in [3.63, 3.8) is 0 Å². The summed E-state index contributed by atoms with van der Waals surface area (Å²) in [5, 5.41) is 0. The number of amides is 2. The summed E-state index contributed by atoms with van der Waals surface area (Å²) >= 11 is 0. The van der Waals surface area contributed by atoms with Gasteiger partial charge in [0.1, 0.15) is 12.6 Å². The van der Waals surface area contributed by atoms with Gasteiger partial charge in [0.15, 0.2) is 0 Å². The van der Waals surface area contributed by atoms with E-state index in [9.17, 15) is 9.59 Å². The molecule has 1 aromatic rings. The zero-order valence-electron chi connectivity index (χ0n) is 11.7. The van der Waals surface area contributed by atoms with E-state index in [0.717, 1.165) is 23.3 Å². The molecule has 1 aliphatic rings. The molecule has 21 heavy (non-hydrogen) atoms. The first-order valence-electron chi connectivity index (χ1n) is 6.88. The molecule has 1 saturated heterocycles. The van der Waals surface area contributed by atoms with E-state index in [2.05, 4.69) is 18.4 Å². The molecule has 2 rings (SSSR count). The Labute approximate surface area is 124 Å². The fourth-order valence-corrected chi connectivity index (χ4v) is 2.10. The third-order valence-electron chi connectivity index (χ3n) is 3.18. The standard InChI is InChI=1S/C17H17NO3/c1-2-3-4-5-9-12-16(19)18-15(13-21-17(18)20)14-10-7-6-8-11-14/h2,6-8,10-11,15H,1,3-5,13H2/t15-/m0/s1. The molecular formula is C17H17NO3. The van der Waals surface area contributed by atoms with Crippen LogP contribution in [0.15, 0.2) is 43.0 Å². The lowest BCUT2D eigenvalue weighted by atomic mass is 10.1. The Hall–Kier alpha value is -2.54. The number of rotatable bonds is 4. The summed E-state index contributed by atoms with van der Waals surface area (Å²) in [6.45, 7) is 3.80. The van der Waals surface area contributed by atoms with Crippen LogP contribution in [0.25, 0.3) is 0 Å². The fourth-order valence-electron chi connectivity index (χ4n) is 2.10. The van der Waals surface area contributed by atoms with Crippen molar-refractivity contribution in [1.29, 1.82) is 0 Å². The molecule has 1 atom stereocenters. The summed E-state index contributed by atoms with van der Waals surface area (Å²) in [6, 6.07) is 8.94. The van der Waals surface area contributed by atoms with Gasteiger partial charge in [-0.1, -0.05) is 42.3 Å². The molecule has 0 saturated carbocycles. The molecule has 0 bridgehead atoms. The maximum Gasteiger partial charge on any atom is 0.418 e. The minimum absolute atomic E-state index is 0.173. The average Bonchev–Trinajstić information content (AvgIpc) is 2.89. The highest BCUT2D eigenvalue weighted by molar-refractivity contribution is 6.03. The van der Waals surface area contributed by atoms with E-state index in [0.29, 0.717) is 6.42 Å². The van der Waals surface area contributed by atoms with Gasteiger partial charge in [-0.3, -0.25) is 4.79 Å². The van der Waals surface area contributed by atoms with Gasteiger partial charge in [-0.25, -0.2) is 9.69 Å². The maximum atomic E-state index is 12.1. The highest BCUT2D eigenvalue weighted by Crippen LogP contribution is 2.27. The summed E-state index contributed by atoms with van der Waals surface area (Å²) in [5.74, 6) is 4.80. The predicted octanol–water partition coefficient (Wildman–Crippen LogP) is 3.07. The molecule has 0 radical (unpaired) electrons. The molecule has 0 spiro atoms. The second-order valence-electron chi connectivity index (χ2n) is 4.66. The number of hydrogen-bond donors (Lipinski definition) is 0. The second kappa shape index (κ2) is 7.30. The van der Waals surface area contributed by atoms with Crippen LogP contribution in [0.5, 0.6) is 0 Å². The lowest BCUT2D eigenvalue weighted by Gasteiger charge is -2.17.